The molecule has 0 aromatic rings. The second kappa shape index (κ2) is 6.06. The molecule has 4 nitrogen and oxygen atoms in total. The molecule has 0 spiro atoms. The number of hydrogen-bond donors (Lipinski definition) is 0. The topological polar surface area (TPSA) is 46.6 Å². The van der Waals surface area contributed by atoms with E-state index in [9.17, 15) is 9.59 Å². The number of ether oxygens (including phenoxy) is 1. The monoisotopic (exact) mass is 183 g/mol. The van der Waals surface area contributed by atoms with E-state index in [0.717, 1.165) is 6.42 Å². The van der Waals surface area contributed by atoms with Crippen molar-refractivity contribution in [2.75, 3.05) is 20.2 Å². The quantitative estimate of drug-likeness (QED) is 0.352. The molecule has 0 aliphatic heterocycles. The third-order valence-corrected chi connectivity index (χ3v) is 1.42. The number of methoxy groups -OCH3 is 1. The molecule has 0 saturated carbocycles. The minimum absolute atomic E-state index is 0.141. The average molecular weight is 183 g/mol. The smallest absolute Gasteiger partial charge is 0.396 e. The maximum atomic E-state index is 11.2. The van der Waals surface area contributed by atoms with Gasteiger partial charge in [-0.15, -0.1) is 6.42 Å². The van der Waals surface area contributed by atoms with Gasteiger partial charge in [0.2, 0.25) is 0 Å². The van der Waals surface area contributed by atoms with Gasteiger partial charge in [0.25, 0.3) is 0 Å². The highest BCUT2D eigenvalue weighted by molar-refractivity contribution is 6.32. The van der Waals surface area contributed by atoms with Gasteiger partial charge in [-0.2, -0.15) is 0 Å². The summed E-state index contributed by atoms with van der Waals surface area (Å²) >= 11 is 0. The highest BCUT2D eigenvalue weighted by Crippen LogP contribution is 1.93. The van der Waals surface area contributed by atoms with Gasteiger partial charge in [-0.3, -0.25) is 4.79 Å². The van der Waals surface area contributed by atoms with Crippen LogP contribution in [0.25, 0.3) is 0 Å². The molecule has 0 saturated heterocycles. The van der Waals surface area contributed by atoms with Gasteiger partial charge >= 0.3 is 11.9 Å². The molecule has 0 aliphatic rings. The van der Waals surface area contributed by atoms with Crippen molar-refractivity contribution in [1.82, 2.24) is 4.90 Å². The molecule has 13 heavy (non-hydrogen) atoms. The Morgan fingerprint density at radius 1 is 1.54 bits per heavy atom. The van der Waals surface area contributed by atoms with Crippen LogP contribution in [0, 0.1) is 12.3 Å². The van der Waals surface area contributed by atoms with Crippen LogP contribution in [0.2, 0.25) is 0 Å². The molecule has 0 fully saturated rings. The summed E-state index contributed by atoms with van der Waals surface area (Å²) in [6.07, 6.45) is 5.80. The fraction of sp³-hybridized carbons (Fsp3) is 0.556. The summed E-state index contributed by atoms with van der Waals surface area (Å²) in [5.41, 5.74) is 0. The van der Waals surface area contributed by atoms with Crippen molar-refractivity contribution < 1.29 is 14.3 Å². The number of rotatable bonds is 3. The Kier molecular flexibility index (Phi) is 5.37. The van der Waals surface area contributed by atoms with Crippen LogP contribution in [0.15, 0.2) is 0 Å². The summed E-state index contributed by atoms with van der Waals surface area (Å²) < 4.78 is 4.29. The number of carbonyl (C=O) groups is 2. The molecule has 4 heteroatoms. The number of esters is 1. The molecular formula is C9H13NO3. The van der Waals surface area contributed by atoms with Gasteiger partial charge in [0.05, 0.1) is 13.7 Å². The lowest BCUT2D eigenvalue weighted by Gasteiger charge is -2.17. The maximum Gasteiger partial charge on any atom is 0.396 e. The summed E-state index contributed by atoms with van der Waals surface area (Å²) in [6, 6.07) is 0. The Morgan fingerprint density at radius 2 is 2.15 bits per heavy atom. The van der Waals surface area contributed by atoms with E-state index in [1.807, 2.05) is 6.92 Å². The van der Waals surface area contributed by atoms with Crippen LogP contribution in [0.4, 0.5) is 0 Å². The predicted octanol–water partition coefficient (Wildman–Crippen LogP) is 0.0312. The summed E-state index contributed by atoms with van der Waals surface area (Å²) in [5.74, 6) is 0.760. The van der Waals surface area contributed by atoms with Gasteiger partial charge in [0, 0.05) is 6.54 Å². The van der Waals surface area contributed by atoms with Crippen molar-refractivity contribution in [3.8, 4) is 12.3 Å². The Balaban J connectivity index is 4.28. The third kappa shape index (κ3) is 3.61. The SMILES string of the molecule is C#CCN(CCC)C(=O)C(=O)OC. The largest absolute Gasteiger partial charge is 0.462 e. The molecule has 0 atom stereocenters. The summed E-state index contributed by atoms with van der Waals surface area (Å²) in [6.45, 7) is 2.51. The number of terminal acetylenes is 1. The van der Waals surface area contributed by atoms with E-state index in [0.29, 0.717) is 6.54 Å². The zero-order valence-corrected chi connectivity index (χ0v) is 7.87. The van der Waals surface area contributed by atoms with Gasteiger partial charge in [0.15, 0.2) is 0 Å². The third-order valence-electron chi connectivity index (χ3n) is 1.42. The second-order valence-corrected chi connectivity index (χ2v) is 2.42. The zero-order chi connectivity index (χ0) is 10.3. The molecule has 0 rings (SSSR count). The van der Waals surface area contributed by atoms with Crippen LogP contribution in [0.1, 0.15) is 13.3 Å². The molecule has 72 valence electrons. The van der Waals surface area contributed by atoms with Crippen molar-refractivity contribution in [2.24, 2.45) is 0 Å². The molecule has 0 unspecified atom stereocenters. The first-order chi connectivity index (χ1) is 6.17. The molecule has 0 aromatic heterocycles. The van der Waals surface area contributed by atoms with Gasteiger partial charge in [-0.1, -0.05) is 12.8 Å². The van der Waals surface area contributed by atoms with Gasteiger partial charge in [0.1, 0.15) is 0 Å². The Labute approximate surface area is 77.9 Å². The number of carbonyl (C=O) groups excluding carboxylic acids is 2. The van der Waals surface area contributed by atoms with E-state index >= 15 is 0 Å². The van der Waals surface area contributed by atoms with Crippen LogP contribution < -0.4 is 0 Å². The molecule has 0 aliphatic carbocycles. The van der Waals surface area contributed by atoms with E-state index in [1.165, 1.54) is 12.0 Å². The van der Waals surface area contributed by atoms with E-state index < -0.39 is 11.9 Å². The molecular weight excluding hydrogens is 170 g/mol. The fourth-order valence-electron chi connectivity index (χ4n) is 0.849. The van der Waals surface area contributed by atoms with Gasteiger partial charge in [-0.05, 0) is 6.42 Å². The van der Waals surface area contributed by atoms with Gasteiger partial charge < -0.3 is 9.64 Å². The normalized spacial score (nSPS) is 8.69. The Hall–Kier alpha value is -1.50. The van der Waals surface area contributed by atoms with Crippen LogP contribution >= 0.6 is 0 Å². The first kappa shape index (κ1) is 11.5. The van der Waals surface area contributed by atoms with Crippen molar-refractivity contribution in [3.05, 3.63) is 0 Å². The molecule has 0 bridgehead atoms. The molecule has 0 radical (unpaired) electrons. The molecule has 0 N–H and O–H groups in total. The minimum atomic E-state index is -0.872. The van der Waals surface area contributed by atoms with E-state index in [-0.39, 0.29) is 6.54 Å². The second-order valence-electron chi connectivity index (χ2n) is 2.42. The van der Waals surface area contributed by atoms with Crippen LogP contribution in [0.5, 0.6) is 0 Å². The minimum Gasteiger partial charge on any atom is -0.462 e. The van der Waals surface area contributed by atoms with E-state index in [1.54, 1.807) is 0 Å². The van der Waals surface area contributed by atoms with E-state index in [4.69, 9.17) is 6.42 Å². The lowest BCUT2D eigenvalue weighted by atomic mass is 10.4. The van der Waals surface area contributed by atoms with Crippen molar-refractivity contribution in [2.45, 2.75) is 13.3 Å². The Bertz CT molecular complexity index is 230. The standard InChI is InChI=1S/C9H13NO3/c1-4-6-10(7-5-2)8(11)9(12)13-3/h1H,5-7H2,2-3H3. The van der Waals surface area contributed by atoms with Crippen molar-refractivity contribution >= 4 is 11.9 Å². The summed E-state index contributed by atoms with van der Waals surface area (Å²) in [7, 11) is 1.17. The molecule has 0 aromatic carbocycles. The summed E-state index contributed by atoms with van der Waals surface area (Å²) in [5, 5.41) is 0. The highest BCUT2D eigenvalue weighted by atomic mass is 16.5. The number of hydrogen-bond acceptors (Lipinski definition) is 3. The van der Waals surface area contributed by atoms with Crippen LogP contribution in [-0.4, -0.2) is 37.0 Å². The van der Waals surface area contributed by atoms with Gasteiger partial charge in [-0.25, -0.2) is 4.79 Å². The lowest BCUT2D eigenvalue weighted by Crippen LogP contribution is -2.38. The Morgan fingerprint density at radius 3 is 2.54 bits per heavy atom. The van der Waals surface area contributed by atoms with Crippen molar-refractivity contribution in [1.29, 1.82) is 0 Å². The van der Waals surface area contributed by atoms with Crippen LogP contribution in [-0.2, 0) is 14.3 Å². The first-order valence-corrected chi connectivity index (χ1v) is 3.98. The zero-order valence-electron chi connectivity index (χ0n) is 7.87. The van der Waals surface area contributed by atoms with E-state index in [2.05, 4.69) is 10.7 Å². The maximum absolute atomic E-state index is 11.2. The average Bonchev–Trinajstić information content (AvgIpc) is 2.15. The fourth-order valence-corrected chi connectivity index (χ4v) is 0.849. The van der Waals surface area contributed by atoms with Crippen molar-refractivity contribution in [3.63, 3.8) is 0 Å². The number of amides is 1. The summed E-state index contributed by atoms with van der Waals surface area (Å²) in [4.78, 5) is 23.3. The molecule has 1 amide bonds. The van der Waals surface area contributed by atoms with Crippen LogP contribution in [0.3, 0.4) is 0 Å². The lowest BCUT2D eigenvalue weighted by molar-refractivity contribution is -0.157. The highest BCUT2D eigenvalue weighted by Gasteiger charge is 2.20. The first-order valence-electron chi connectivity index (χ1n) is 3.98. The molecule has 0 heterocycles. The predicted molar refractivity (Wildman–Crippen MR) is 47.7 cm³/mol. The number of nitrogens with zero attached hydrogens (tertiary/aromatic N) is 1.